The van der Waals surface area contributed by atoms with Crippen LogP contribution >= 0.6 is 0 Å². The lowest BCUT2D eigenvalue weighted by Gasteiger charge is -1.97. The summed E-state index contributed by atoms with van der Waals surface area (Å²) in [5.74, 6) is 0. The van der Waals surface area contributed by atoms with Gasteiger partial charge in [-0.1, -0.05) is 29.5 Å². The second-order valence-electron chi connectivity index (χ2n) is 1.69. The average molecular weight is 109 g/mol. The Morgan fingerprint density at radius 3 is 2.38 bits per heavy atom. The van der Waals surface area contributed by atoms with Crippen LogP contribution in [0.25, 0.3) is 0 Å². The molecule has 1 aliphatic carbocycles. The molecule has 8 heavy (non-hydrogen) atoms. The lowest BCUT2D eigenvalue weighted by Crippen LogP contribution is -1.94. The van der Waals surface area contributed by atoms with Gasteiger partial charge in [-0.15, -0.1) is 4.91 Å². The Kier molecular flexibility index (Phi) is 1.57. The molecule has 0 amide bonds. The van der Waals surface area contributed by atoms with Gasteiger partial charge in [0.25, 0.3) is 0 Å². The molecule has 0 atom stereocenters. The van der Waals surface area contributed by atoms with Crippen LogP contribution in [0.2, 0.25) is 0 Å². The number of rotatable bonds is 1. The van der Waals surface area contributed by atoms with Crippen LogP contribution in [0.5, 0.6) is 0 Å². The van der Waals surface area contributed by atoms with Crippen LogP contribution in [0.4, 0.5) is 0 Å². The van der Waals surface area contributed by atoms with Crippen LogP contribution in [0.1, 0.15) is 6.42 Å². The van der Waals surface area contributed by atoms with Crippen molar-refractivity contribution in [3.8, 4) is 0 Å². The molecule has 0 fully saturated rings. The maximum absolute atomic E-state index is 9.81. The minimum absolute atomic E-state index is 0.205. The van der Waals surface area contributed by atoms with E-state index in [0.29, 0.717) is 0 Å². The molecule has 0 saturated heterocycles. The Morgan fingerprint density at radius 1 is 1.38 bits per heavy atom. The molecule has 0 bridgehead atoms. The first-order chi connectivity index (χ1) is 3.93. The topological polar surface area (TPSA) is 29.4 Å². The molecule has 0 aromatic rings. The Hall–Kier alpha value is -0.920. The third-order valence-electron chi connectivity index (χ3n) is 1.06. The average Bonchev–Trinajstić information content (AvgIpc) is 1.90. The fraction of sp³-hybridized carbons (Fsp3) is 0.333. The second kappa shape index (κ2) is 2.40. The highest BCUT2D eigenvalue weighted by atomic mass is 16.3. The third-order valence-corrected chi connectivity index (χ3v) is 1.06. The summed E-state index contributed by atoms with van der Waals surface area (Å²) in [5, 5.41) is 2.82. The van der Waals surface area contributed by atoms with Gasteiger partial charge >= 0.3 is 0 Å². The monoisotopic (exact) mass is 109 g/mol. The Morgan fingerprint density at radius 2 is 2.00 bits per heavy atom. The second-order valence-corrected chi connectivity index (χ2v) is 1.69. The van der Waals surface area contributed by atoms with Crippen LogP contribution in [-0.2, 0) is 0 Å². The van der Waals surface area contributed by atoms with Gasteiger partial charge in [0.1, 0.15) is 6.04 Å². The summed E-state index contributed by atoms with van der Waals surface area (Å²) in [6.07, 6.45) is 8.41. The van der Waals surface area contributed by atoms with E-state index >= 15 is 0 Å². The Balaban J connectivity index is 2.54. The van der Waals surface area contributed by atoms with Gasteiger partial charge in [-0.05, 0) is 6.42 Å². The molecule has 0 saturated carbocycles. The summed E-state index contributed by atoms with van der Waals surface area (Å²) in [6.45, 7) is 0. The number of nitrogens with zero attached hydrogens (tertiary/aromatic N) is 1. The van der Waals surface area contributed by atoms with Crippen LogP contribution in [0.15, 0.2) is 29.5 Å². The van der Waals surface area contributed by atoms with Crippen LogP contribution in [0.3, 0.4) is 0 Å². The van der Waals surface area contributed by atoms with E-state index in [2.05, 4.69) is 5.18 Å². The number of hydrogen-bond donors (Lipinski definition) is 0. The van der Waals surface area contributed by atoms with Gasteiger partial charge in [0.15, 0.2) is 0 Å². The van der Waals surface area contributed by atoms with E-state index in [4.69, 9.17) is 0 Å². The summed E-state index contributed by atoms with van der Waals surface area (Å²) >= 11 is 0. The molecule has 0 heterocycles. The van der Waals surface area contributed by atoms with Gasteiger partial charge in [0.2, 0.25) is 0 Å². The molecule has 0 aliphatic heterocycles. The first kappa shape index (κ1) is 5.22. The van der Waals surface area contributed by atoms with Crippen molar-refractivity contribution in [2.75, 3.05) is 0 Å². The molecule has 0 N–H and O–H groups in total. The number of hydrogen-bond acceptors (Lipinski definition) is 2. The fourth-order valence-corrected chi connectivity index (χ4v) is 0.649. The summed E-state index contributed by atoms with van der Waals surface area (Å²) in [6, 6.07) is -0.205. The lowest BCUT2D eigenvalue weighted by molar-refractivity contribution is 0.982. The van der Waals surface area contributed by atoms with Crippen LogP contribution in [0, 0.1) is 4.91 Å². The largest absolute Gasteiger partial charge is 0.150 e. The van der Waals surface area contributed by atoms with Crippen molar-refractivity contribution < 1.29 is 0 Å². The summed E-state index contributed by atoms with van der Waals surface area (Å²) in [5.41, 5.74) is 0. The molecular weight excluding hydrogens is 102 g/mol. The van der Waals surface area contributed by atoms with E-state index in [-0.39, 0.29) is 6.04 Å². The molecule has 1 aliphatic rings. The smallest absolute Gasteiger partial charge is 0.128 e. The number of allylic oxidation sites excluding steroid dienone is 2. The normalized spacial score (nSPS) is 19.0. The van der Waals surface area contributed by atoms with E-state index in [9.17, 15) is 4.91 Å². The summed E-state index contributed by atoms with van der Waals surface area (Å²) < 4.78 is 0. The quantitative estimate of drug-likeness (QED) is 0.371. The third kappa shape index (κ3) is 1.03. The maximum Gasteiger partial charge on any atom is 0.128 e. The minimum atomic E-state index is -0.205. The van der Waals surface area contributed by atoms with E-state index in [1.807, 2.05) is 12.2 Å². The molecule has 42 valence electrons. The first-order valence-corrected chi connectivity index (χ1v) is 2.59. The maximum atomic E-state index is 9.81. The fourth-order valence-electron chi connectivity index (χ4n) is 0.649. The van der Waals surface area contributed by atoms with E-state index in [0.717, 1.165) is 6.42 Å². The molecule has 0 aromatic carbocycles. The van der Waals surface area contributed by atoms with E-state index in [1.54, 1.807) is 12.2 Å². The van der Waals surface area contributed by atoms with E-state index in [1.165, 1.54) is 0 Å². The van der Waals surface area contributed by atoms with Gasteiger partial charge in [-0.2, -0.15) is 0 Å². The van der Waals surface area contributed by atoms with Crippen molar-refractivity contribution in [2.45, 2.75) is 12.5 Å². The predicted molar refractivity (Wildman–Crippen MR) is 32.5 cm³/mol. The molecule has 0 aromatic heterocycles. The standard InChI is InChI=1S/C6H7NO/c8-7-6-4-2-1-3-5-6/h2-6H,1H2. The highest BCUT2D eigenvalue weighted by Gasteiger charge is 1.98. The van der Waals surface area contributed by atoms with Crippen LogP contribution < -0.4 is 0 Å². The van der Waals surface area contributed by atoms with Crippen molar-refractivity contribution in [1.82, 2.24) is 0 Å². The Bertz CT molecular complexity index is 125. The van der Waals surface area contributed by atoms with Crippen LogP contribution in [-0.4, -0.2) is 6.04 Å². The van der Waals surface area contributed by atoms with Gasteiger partial charge in [0.05, 0.1) is 0 Å². The van der Waals surface area contributed by atoms with Gasteiger partial charge < -0.3 is 0 Å². The van der Waals surface area contributed by atoms with Gasteiger partial charge in [0, 0.05) is 0 Å². The first-order valence-electron chi connectivity index (χ1n) is 2.59. The molecular formula is C6H7NO. The number of nitroso groups, excluding NO2 is 1. The van der Waals surface area contributed by atoms with Crippen molar-refractivity contribution in [3.05, 3.63) is 29.2 Å². The zero-order valence-corrected chi connectivity index (χ0v) is 4.45. The van der Waals surface area contributed by atoms with Crippen molar-refractivity contribution in [1.29, 1.82) is 0 Å². The molecule has 0 spiro atoms. The minimum Gasteiger partial charge on any atom is -0.150 e. The highest BCUT2D eigenvalue weighted by molar-refractivity contribution is 5.12. The molecule has 2 heteroatoms. The molecule has 2 nitrogen and oxygen atoms in total. The van der Waals surface area contributed by atoms with Gasteiger partial charge in [-0.25, -0.2) is 0 Å². The highest BCUT2D eigenvalue weighted by Crippen LogP contribution is 2.03. The Labute approximate surface area is 47.9 Å². The molecule has 0 radical (unpaired) electrons. The molecule has 0 unspecified atom stereocenters. The zero-order valence-electron chi connectivity index (χ0n) is 4.45. The lowest BCUT2D eigenvalue weighted by atomic mass is 10.1. The van der Waals surface area contributed by atoms with Gasteiger partial charge in [-0.3, -0.25) is 0 Å². The van der Waals surface area contributed by atoms with Crippen molar-refractivity contribution in [2.24, 2.45) is 5.18 Å². The summed E-state index contributed by atoms with van der Waals surface area (Å²) in [4.78, 5) is 9.81. The van der Waals surface area contributed by atoms with E-state index < -0.39 is 0 Å². The van der Waals surface area contributed by atoms with Crippen molar-refractivity contribution in [3.63, 3.8) is 0 Å². The SMILES string of the molecule is O=NC1C=CCC=C1. The van der Waals surface area contributed by atoms with Crippen molar-refractivity contribution >= 4 is 0 Å². The summed E-state index contributed by atoms with van der Waals surface area (Å²) in [7, 11) is 0. The molecule has 1 rings (SSSR count). The zero-order chi connectivity index (χ0) is 5.82. The predicted octanol–water partition coefficient (Wildman–Crippen LogP) is 1.64.